The smallest absolute Gasteiger partial charge is 0.225 e. The molecule has 1 aliphatic rings. The summed E-state index contributed by atoms with van der Waals surface area (Å²) in [6.45, 7) is 5.38. The Bertz CT molecular complexity index is 439. The molecule has 0 atom stereocenters. The zero-order valence-corrected chi connectivity index (χ0v) is 13.2. The van der Waals surface area contributed by atoms with Gasteiger partial charge in [0.05, 0.1) is 23.2 Å². The van der Waals surface area contributed by atoms with Crippen LogP contribution >= 0.6 is 11.3 Å². The van der Waals surface area contributed by atoms with Crippen LogP contribution in [-0.2, 0) is 16.0 Å². The van der Waals surface area contributed by atoms with Crippen molar-refractivity contribution in [2.24, 2.45) is 0 Å². The maximum Gasteiger partial charge on any atom is 0.225 e. The highest BCUT2D eigenvalue weighted by molar-refractivity contribution is 7.11. The van der Waals surface area contributed by atoms with E-state index >= 15 is 0 Å². The molecule has 0 saturated heterocycles. The van der Waals surface area contributed by atoms with Crippen molar-refractivity contribution in [3.63, 3.8) is 0 Å². The normalized spacial score (nSPS) is 15.7. The van der Waals surface area contributed by atoms with E-state index in [0.717, 1.165) is 28.6 Å². The first-order valence-electron chi connectivity index (χ1n) is 7.46. The van der Waals surface area contributed by atoms with Gasteiger partial charge in [0.2, 0.25) is 5.91 Å². The monoisotopic (exact) mass is 296 g/mol. The summed E-state index contributed by atoms with van der Waals surface area (Å²) in [6, 6.07) is 0. The molecular formula is C15H24N2O2S. The number of nitrogens with zero attached hydrogens (tertiary/aromatic N) is 1. The van der Waals surface area contributed by atoms with Crippen molar-refractivity contribution in [1.82, 2.24) is 10.3 Å². The van der Waals surface area contributed by atoms with Crippen LogP contribution in [0.25, 0.3) is 0 Å². The van der Waals surface area contributed by atoms with Crippen molar-refractivity contribution in [2.75, 3.05) is 13.2 Å². The third-order valence-corrected chi connectivity index (χ3v) is 4.69. The lowest BCUT2D eigenvalue weighted by Gasteiger charge is -2.11. The van der Waals surface area contributed by atoms with E-state index in [4.69, 9.17) is 4.74 Å². The quantitative estimate of drug-likeness (QED) is 0.787. The van der Waals surface area contributed by atoms with E-state index in [1.54, 1.807) is 11.3 Å². The Morgan fingerprint density at radius 2 is 2.15 bits per heavy atom. The Hall–Kier alpha value is -0.940. The van der Waals surface area contributed by atoms with E-state index in [0.29, 0.717) is 19.1 Å². The van der Waals surface area contributed by atoms with E-state index in [1.807, 2.05) is 13.8 Å². The Morgan fingerprint density at radius 3 is 2.80 bits per heavy atom. The lowest BCUT2D eigenvalue weighted by Crippen LogP contribution is -2.27. The summed E-state index contributed by atoms with van der Waals surface area (Å²) in [4.78, 5) is 17.2. The molecule has 0 radical (unpaired) electrons. The minimum Gasteiger partial charge on any atom is -0.378 e. The van der Waals surface area contributed by atoms with Gasteiger partial charge in [0.25, 0.3) is 0 Å². The van der Waals surface area contributed by atoms with Crippen molar-refractivity contribution in [1.29, 1.82) is 0 Å². The molecule has 20 heavy (non-hydrogen) atoms. The molecule has 0 spiro atoms. The zero-order valence-electron chi connectivity index (χ0n) is 12.4. The molecule has 0 unspecified atom stereocenters. The lowest BCUT2D eigenvalue weighted by molar-refractivity contribution is -0.120. The number of amides is 1. The van der Waals surface area contributed by atoms with Gasteiger partial charge in [-0.1, -0.05) is 12.8 Å². The average Bonchev–Trinajstić information content (AvgIpc) is 3.00. The fraction of sp³-hybridized carbons (Fsp3) is 0.733. The summed E-state index contributed by atoms with van der Waals surface area (Å²) >= 11 is 1.61. The Morgan fingerprint density at radius 1 is 1.40 bits per heavy atom. The molecule has 112 valence electrons. The number of rotatable bonds is 7. The number of nitrogens with one attached hydrogen (secondary N) is 1. The van der Waals surface area contributed by atoms with Crippen LogP contribution in [0.2, 0.25) is 0 Å². The number of aromatic nitrogens is 1. The summed E-state index contributed by atoms with van der Waals surface area (Å²) < 4.78 is 5.77. The second-order valence-corrected chi connectivity index (χ2v) is 6.69. The number of ether oxygens (including phenoxy) is 1. The summed E-state index contributed by atoms with van der Waals surface area (Å²) in [5, 5.41) is 3.98. The minimum atomic E-state index is 0.0811. The van der Waals surface area contributed by atoms with E-state index in [1.165, 1.54) is 25.7 Å². The zero-order chi connectivity index (χ0) is 14.4. The van der Waals surface area contributed by atoms with Crippen molar-refractivity contribution in [3.05, 3.63) is 15.6 Å². The standard InChI is InChI=1S/C15H24N2O2S/c1-11-14(20-12(2)17-11)10-15(18)16-8-5-9-19-13-6-3-4-7-13/h13H,3-10H2,1-2H3,(H,16,18). The summed E-state index contributed by atoms with van der Waals surface area (Å²) in [5.74, 6) is 0.0811. The number of thiazole rings is 1. The van der Waals surface area contributed by atoms with E-state index in [-0.39, 0.29) is 5.91 Å². The highest BCUT2D eigenvalue weighted by Crippen LogP contribution is 2.20. The molecule has 0 aromatic carbocycles. The second kappa shape index (κ2) is 7.74. The highest BCUT2D eigenvalue weighted by atomic mass is 32.1. The summed E-state index contributed by atoms with van der Waals surface area (Å²) in [5.41, 5.74) is 0.979. The number of hydrogen-bond acceptors (Lipinski definition) is 4. The van der Waals surface area contributed by atoms with Gasteiger partial charge in [0.15, 0.2) is 0 Å². The third-order valence-electron chi connectivity index (χ3n) is 3.62. The Kier molecular flexibility index (Phi) is 5.98. The van der Waals surface area contributed by atoms with E-state index < -0.39 is 0 Å². The van der Waals surface area contributed by atoms with Gasteiger partial charge in [0.1, 0.15) is 0 Å². The fourth-order valence-electron chi connectivity index (χ4n) is 2.55. The predicted molar refractivity (Wildman–Crippen MR) is 81.1 cm³/mol. The van der Waals surface area contributed by atoms with Crippen LogP contribution in [0.5, 0.6) is 0 Å². The first-order valence-corrected chi connectivity index (χ1v) is 8.28. The van der Waals surface area contributed by atoms with Crippen LogP contribution in [-0.4, -0.2) is 30.1 Å². The first-order chi connectivity index (χ1) is 9.65. The third kappa shape index (κ3) is 4.87. The molecule has 1 amide bonds. The molecule has 1 aromatic heterocycles. The lowest BCUT2D eigenvalue weighted by atomic mass is 10.3. The number of hydrogen-bond donors (Lipinski definition) is 1. The maximum atomic E-state index is 11.8. The number of aryl methyl sites for hydroxylation is 2. The molecule has 2 rings (SSSR count). The van der Waals surface area contributed by atoms with Gasteiger partial charge < -0.3 is 10.1 Å². The van der Waals surface area contributed by atoms with Crippen LogP contribution in [0.4, 0.5) is 0 Å². The van der Waals surface area contributed by atoms with Crippen LogP contribution < -0.4 is 5.32 Å². The molecule has 4 nitrogen and oxygen atoms in total. The molecule has 5 heteroatoms. The SMILES string of the molecule is Cc1nc(C)c(CC(=O)NCCCOC2CCCC2)s1. The van der Waals surface area contributed by atoms with Crippen molar-refractivity contribution in [3.8, 4) is 0 Å². The van der Waals surface area contributed by atoms with Crippen LogP contribution in [0.15, 0.2) is 0 Å². The van der Waals surface area contributed by atoms with Crippen LogP contribution in [0.1, 0.15) is 47.7 Å². The molecule has 0 aliphatic heterocycles. The molecule has 1 saturated carbocycles. The van der Waals surface area contributed by atoms with E-state index in [2.05, 4.69) is 10.3 Å². The maximum absolute atomic E-state index is 11.8. The van der Waals surface area contributed by atoms with Gasteiger partial charge >= 0.3 is 0 Å². The van der Waals surface area contributed by atoms with Gasteiger partial charge in [-0.15, -0.1) is 11.3 Å². The minimum absolute atomic E-state index is 0.0811. The number of carbonyl (C=O) groups excluding carboxylic acids is 1. The Balaban J connectivity index is 1.57. The van der Waals surface area contributed by atoms with Crippen molar-refractivity contribution < 1.29 is 9.53 Å². The average molecular weight is 296 g/mol. The predicted octanol–water partition coefficient (Wildman–Crippen LogP) is 2.77. The molecular weight excluding hydrogens is 272 g/mol. The van der Waals surface area contributed by atoms with Gasteiger partial charge in [-0.3, -0.25) is 4.79 Å². The first kappa shape index (κ1) is 15.4. The molecule has 1 aliphatic carbocycles. The van der Waals surface area contributed by atoms with Crippen LogP contribution in [0.3, 0.4) is 0 Å². The highest BCUT2D eigenvalue weighted by Gasteiger charge is 2.14. The van der Waals surface area contributed by atoms with Gasteiger partial charge in [0, 0.05) is 18.0 Å². The molecule has 1 fully saturated rings. The number of carbonyl (C=O) groups is 1. The Labute approximate surface area is 124 Å². The fourth-order valence-corrected chi connectivity index (χ4v) is 3.49. The summed E-state index contributed by atoms with van der Waals surface area (Å²) in [7, 11) is 0. The van der Waals surface area contributed by atoms with Gasteiger partial charge in [-0.25, -0.2) is 4.98 Å². The topological polar surface area (TPSA) is 51.2 Å². The van der Waals surface area contributed by atoms with Gasteiger partial charge in [-0.05, 0) is 33.1 Å². The van der Waals surface area contributed by atoms with Crippen LogP contribution in [0, 0.1) is 13.8 Å². The molecule has 0 bridgehead atoms. The van der Waals surface area contributed by atoms with E-state index in [9.17, 15) is 4.79 Å². The molecule has 1 heterocycles. The van der Waals surface area contributed by atoms with Crippen molar-refractivity contribution >= 4 is 17.2 Å². The molecule has 1 aromatic rings. The second-order valence-electron chi connectivity index (χ2n) is 5.40. The largest absolute Gasteiger partial charge is 0.378 e. The summed E-state index contributed by atoms with van der Waals surface area (Å²) in [6.07, 6.45) is 6.81. The molecule has 1 N–H and O–H groups in total. The van der Waals surface area contributed by atoms with Gasteiger partial charge in [-0.2, -0.15) is 0 Å². The van der Waals surface area contributed by atoms with Crippen molar-refractivity contribution in [2.45, 2.75) is 58.5 Å².